The lowest BCUT2D eigenvalue weighted by Gasteiger charge is -2.16. The summed E-state index contributed by atoms with van der Waals surface area (Å²) in [7, 11) is 1.73. The van der Waals surface area contributed by atoms with Crippen molar-refractivity contribution in [3.05, 3.63) is 40.9 Å². The van der Waals surface area contributed by atoms with Crippen LogP contribution in [0, 0.1) is 6.92 Å². The van der Waals surface area contributed by atoms with E-state index in [0.717, 1.165) is 10.6 Å². The zero-order valence-electron chi connectivity index (χ0n) is 12.5. The van der Waals surface area contributed by atoms with Gasteiger partial charge in [0.15, 0.2) is 0 Å². The van der Waals surface area contributed by atoms with Gasteiger partial charge in [-0.2, -0.15) is 0 Å². The van der Waals surface area contributed by atoms with Crippen LogP contribution in [0.2, 0.25) is 0 Å². The maximum atomic E-state index is 12.2. The second-order valence-electron chi connectivity index (χ2n) is 5.27. The highest BCUT2D eigenvalue weighted by Crippen LogP contribution is 2.24. The summed E-state index contributed by atoms with van der Waals surface area (Å²) >= 11 is 1.47. The van der Waals surface area contributed by atoms with Crippen LogP contribution in [0.3, 0.4) is 0 Å². The molecule has 21 heavy (non-hydrogen) atoms. The average molecular weight is 304 g/mol. The van der Waals surface area contributed by atoms with Gasteiger partial charge in [-0.1, -0.05) is 29.8 Å². The molecule has 0 saturated carbocycles. The predicted molar refractivity (Wildman–Crippen MR) is 85.5 cm³/mol. The molecular weight excluding hydrogens is 284 g/mol. The lowest BCUT2D eigenvalue weighted by molar-refractivity contribution is 0.0764. The Labute approximate surface area is 129 Å². The van der Waals surface area contributed by atoms with Crippen molar-refractivity contribution in [2.45, 2.75) is 26.4 Å². The van der Waals surface area contributed by atoms with Crippen LogP contribution in [0.1, 0.15) is 29.4 Å². The van der Waals surface area contributed by atoms with Gasteiger partial charge in [-0.3, -0.25) is 4.79 Å². The summed E-state index contributed by atoms with van der Waals surface area (Å²) in [6, 6.07) is 8.10. The fourth-order valence-electron chi connectivity index (χ4n) is 1.88. The number of rotatable bonds is 5. The largest absolute Gasteiger partial charge is 0.393 e. The Bertz CT molecular complexity index is 605. The lowest BCUT2D eigenvalue weighted by Crippen LogP contribution is -2.29. The van der Waals surface area contributed by atoms with Gasteiger partial charge in [-0.15, -0.1) is 11.3 Å². The number of hydrogen-bond acceptors (Lipinski definition) is 4. The van der Waals surface area contributed by atoms with Gasteiger partial charge in [0.2, 0.25) is 0 Å². The van der Waals surface area contributed by atoms with E-state index < -0.39 is 6.10 Å². The highest BCUT2D eigenvalue weighted by atomic mass is 32.1. The summed E-state index contributed by atoms with van der Waals surface area (Å²) in [5, 5.41) is 11.9. The van der Waals surface area contributed by atoms with Gasteiger partial charge < -0.3 is 10.0 Å². The second-order valence-corrected chi connectivity index (χ2v) is 6.13. The van der Waals surface area contributed by atoms with E-state index in [1.54, 1.807) is 24.3 Å². The highest BCUT2D eigenvalue weighted by Gasteiger charge is 2.16. The number of aryl methyl sites for hydroxylation is 1. The van der Waals surface area contributed by atoms with Crippen molar-refractivity contribution in [3.8, 4) is 10.6 Å². The Balaban J connectivity index is 2.08. The van der Waals surface area contributed by atoms with Crippen molar-refractivity contribution in [2.75, 3.05) is 13.6 Å². The molecule has 0 saturated heterocycles. The molecule has 2 rings (SSSR count). The molecule has 0 aliphatic carbocycles. The molecule has 1 amide bonds. The standard InChI is InChI=1S/C16H20N2O2S/c1-11-4-6-13(7-5-11)15-17-14(10-21-15)16(20)18(3)9-8-12(2)19/h4-7,10,12,19H,8-9H2,1-3H3. The first kappa shape index (κ1) is 15.7. The Hall–Kier alpha value is -1.72. The molecule has 1 N–H and O–H groups in total. The first-order valence-electron chi connectivity index (χ1n) is 6.93. The maximum absolute atomic E-state index is 12.2. The number of hydrogen-bond donors (Lipinski definition) is 1. The molecule has 2 aromatic rings. The number of carbonyl (C=O) groups excluding carboxylic acids is 1. The summed E-state index contributed by atoms with van der Waals surface area (Å²) in [5.41, 5.74) is 2.68. The van der Waals surface area contributed by atoms with E-state index in [2.05, 4.69) is 4.98 Å². The first-order chi connectivity index (χ1) is 9.97. The zero-order valence-corrected chi connectivity index (χ0v) is 13.4. The Morgan fingerprint density at radius 1 is 1.38 bits per heavy atom. The third kappa shape index (κ3) is 4.12. The topological polar surface area (TPSA) is 53.4 Å². The van der Waals surface area contributed by atoms with Crippen LogP contribution < -0.4 is 0 Å². The van der Waals surface area contributed by atoms with E-state index >= 15 is 0 Å². The molecule has 1 aromatic heterocycles. The fraction of sp³-hybridized carbons (Fsp3) is 0.375. The van der Waals surface area contributed by atoms with E-state index in [1.807, 2.05) is 31.2 Å². The minimum Gasteiger partial charge on any atom is -0.393 e. The molecule has 0 fully saturated rings. The number of aromatic nitrogens is 1. The van der Waals surface area contributed by atoms with E-state index in [9.17, 15) is 9.90 Å². The first-order valence-corrected chi connectivity index (χ1v) is 7.81. The van der Waals surface area contributed by atoms with Crippen LogP contribution in [0.25, 0.3) is 10.6 Å². The second kappa shape index (κ2) is 6.83. The quantitative estimate of drug-likeness (QED) is 0.924. The number of aliphatic hydroxyl groups is 1. The van der Waals surface area contributed by atoms with Crippen LogP contribution in [0.4, 0.5) is 0 Å². The van der Waals surface area contributed by atoms with Crippen LogP contribution in [0.15, 0.2) is 29.6 Å². The van der Waals surface area contributed by atoms with Crippen LogP contribution >= 0.6 is 11.3 Å². The smallest absolute Gasteiger partial charge is 0.273 e. The maximum Gasteiger partial charge on any atom is 0.273 e. The number of aliphatic hydroxyl groups excluding tert-OH is 1. The van der Waals surface area contributed by atoms with Crippen molar-refractivity contribution >= 4 is 17.2 Å². The van der Waals surface area contributed by atoms with E-state index in [1.165, 1.54) is 16.9 Å². The molecule has 5 heteroatoms. The van der Waals surface area contributed by atoms with Crippen molar-refractivity contribution in [2.24, 2.45) is 0 Å². The number of carbonyl (C=O) groups is 1. The molecule has 0 aliphatic rings. The highest BCUT2D eigenvalue weighted by molar-refractivity contribution is 7.13. The fourth-order valence-corrected chi connectivity index (χ4v) is 2.68. The molecular formula is C16H20N2O2S. The molecule has 1 unspecified atom stereocenters. The molecule has 1 atom stereocenters. The van der Waals surface area contributed by atoms with Gasteiger partial charge in [-0.05, 0) is 20.3 Å². The van der Waals surface area contributed by atoms with Gasteiger partial charge >= 0.3 is 0 Å². The number of nitrogens with zero attached hydrogens (tertiary/aromatic N) is 2. The number of thiazole rings is 1. The van der Waals surface area contributed by atoms with Crippen molar-refractivity contribution in [1.82, 2.24) is 9.88 Å². The zero-order chi connectivity index (χ0) is 15.4. The van der Waals surface area contributed by atoms with Crippen LogP contribution in [-0.2, 0) is 0 Å². The summed E-state index contributed by atoms with van der Waals surface area (Å²) in [4.78, 5) is 18.3. The van der Waals surface area contributed by atoms with Gasteiger partial charge in [-0.25, -0.2) is 4.98 Å². The van der Waals surface area contributed by atoms with Crippen molar-refractivity contribution < 1.29 is 9.90 Å². The summed E-state index contributed by atoms with van der Waals surface area (Å²) < 4.78 is 0. The van der Waals surface area contributed by atoms with Gasteiger partial charge in [0, 0.05) is 24.5 Å². The third-order valence-corrected chi connectivity index (χ3v) is 4.14. The monoisotopic (exact) mass is 304 g/mol. The van der Waals surface area contributed by atoms with Gasteiger partial charge in [0.05, 0.1) is 6.10 Å². The number of amides is 1. The van der Waals surface area contributed by atoms with Crippen LogP contribution in [-0.4, -0.2) is 40.6 Å². The normalized spacial score (nSPS) is 12.2. The molecule has 4 nitrogen and oxygen atoms in total. The predicted octanol–water partition coefficient (Wildman–Crippen LogP) is 2.96. The minimum absolute atomic E-state index is 0.106. The average Bonchev–Trinajstić information content (AvgIpc) is 2.94. The summed E-state index contributed by atoms with van der Waals surface area (Å²) in [5.74, 6) is -0.106. The van der Waals surface area contributed by atoms with Gasteiger partial charge in [0.1, 0.15) is 10.7 Å². The van der Waals surface area contributed by atoms with E-state index in [4.69, 9.17) is 0 Å². The van der Waals surface area contributed by atoms with Gasteiger partial charge in [0.25, 0.3) is 5.91 Å². The SMILES string of the molecule is Cc1ccc(-c2nc(C(=O)N(C)CCC(C)O)cs2)cc1. The Kier molecular flexibility index (Phi) is 5.09. The molecule has 0 bridgehead atoms. The Morgan fingerprint density at radius 3 is 2.67 bits per heavy atom. The molecule has 1 heterocycles. The van der Waals surface area contributed by atoms with E-state index in [-0.39, 0.29) is 5.91 Å². The molecule has 0 radical (unpaired) electrons. The lowest BCUT2D eigenvalue weighted by atomic mass is 10.2. The summed E-state index contributed by atoms with van der Waals surface area (Å²) in [6.07, 6.45) is 0.163. The molecule has 1 aromatic carbocycles. The Morgan fingerprint density at radius 2 is 2.05 bits per heavy atom. The molecule has 0 spiro atoms. The minimum atomic E-state index is -0.404. The summed E-state index contributed by atoms with van der Waals surface area (Å²) in [6.45, 7) is 4.28. The van der Waals surface area contributed by atoms with E-state index in [0.29, 0.717) is 18.7 Å². The van der Waals surface area contributed by atoms with Crippen molar-refractivity contribution in [3.63, 3.8) is 0 Å². The third-order valence-electron chi connectivity index (χ3n) is 3.25. The molecule has 112 valence electrons. The van der Waals surface area contributed by atoms with Crippen LogP contribution in [0.5, 0.6) is 0 Å². The molecule has 0 aliphatic heterocycles. The van der Waals surface area contributed by atoms with Crippen molar-refractivity contribution in [1.29, 1.82) is 0 Å². The number of benzene rings is 1.